The van der Waals surface area contributed by atoms with E-state index in [-0.39, 0.29) is 17.9 Å². The lowest BCUT2D eigenvalue weighted by Crippen LogP contribution is -2.40. The van der Waals surface area contributed by atoms with Gasteiger partial charge in [0.05, 0.1) is 19.2 Å². The molecule has 1 amide bonds. The number of nitrogens with one attached hydrogen (secondary N) is 1. The van der Waals surface area contributed by atoms with Crippen molar-refractivity contribution in [3.63, 3.8) is 0 Å². The van der Waals surface area contributed by atoms with Gasteiger partial charge < -0.3 is 14.6 Å². The lowest BCUT2D eigenvalue weighted by Gasteiger charge is -2.30. The third-order valence-electron chi connectivity index (χ3n) is 5.87. The molecule has 0 aliphatic carbocycles. The third-order valence-corrected chi connectivity index (χ3v) is 5.87. The minimum Gasteiger partial charge on any atom is -0.494 e. The number of carbonyl (C=O) groups excluding carboxylic acids is 1. The molecule has 7 nitrogen and oxygen atoms in total. The van der Waals surface area contributed by atoms with E-state index in [1.165, 1.54) is 0 Å². The summed E-state index contributed by atoms with van der Waals surface area (Å²) in [6.45, 7) is 6.90. The smallest absolute Gasteiger partial charge is 0.241 e. The minimum absolute atomic E-state index is 0.0268. The first-order chi connectivity index (χ1) is 15.6. The summed E-state index contributed by atoms with van der Waals surface area (Å²) in [5.41, 5.74) is 2.02. The van der Waals surface area contributed by atoms with Crippen LogP contribution >= 0.6 is 0 Å². The van der Waals surface area contributed by atoms with E-state index in [0.717, 1.165) is 42.8 Å². The summed E-state index contributed by atoms with van der Waals surface area (Å²) in [5.74, 6) is 2.21. The van der Waals surface area contributed by atoms with Crippen molar-refractivity contribution in [3.8, 4) is 17.1 Å². The second-order valence-corrected chi connectivity index (χ2v) is 8.16. The van der Waals surface area contributed by atoms with Crippen LogP contribution in [0.4, 0.5) is 0 Å². The van der Waals surface area contributed by atoms with Crippen molar-refractivity contribution in [2.24, 2.45) is 5.92 Å². The molecule has 0 radical (unpaired) electrons. The Labute approximate surface area is 188 Å². The molecule has 2 heterocycles. The summed E-state index contributed by atoms with van der Waals surface area (Å²) in [7, 11) is 0. The van der Waals surface area contributed by atoms with Crippen molar-refractivity contribution in [2.75, 3.05) is 19.7 Å². The van der Waals surface area contributed by atoms with Gasteiger partial charge in [-0.1, -0.05) is 47.6 Å². The van der Waals surface area contributed by atoms with E-state index < -0.39 is 0 Å². The van der Waals surface area contributed by atoms with Gasteiger partial charge in [-0.25, -0.2) is 0 Å². The van der Waals surface area contributed by atoms with Crippen molar-refractivity contribution in [1.82, 2.24) is 20.4 Å². The van der Waals surface area contributed by atoms with E-state index in [9.17, 15) is 4.79 Å². The summed E-state index contributed by atoms with van der Waals surface area (Å²) in [6.07, 6.45) is 1.64. The zero-order chi connectivity index (χ0) is 22.3. The number of hydrogen-bond donors (Lipinski definition) is 1. The standard InChI is InChI=1S/C25H30N4O3/c1-3-31-22-11-9-19(10-12-22)18(2)26-25(30)21-13-15-29(16-14-21)17-23-27-24(28-32-23)20-7-5-4-6-8-20/h4-12,18,21H,3,13-17H2,1-2H3,(H,26,30). The molecular formula is C25H30N4O3. The fourth-order valence-electron chi connectivity index (χ4n) is 4.00. The van der Waals surface area contributed by atoms with Gasteiger partial charge in [0.1, 0.15) is 5.75 Å². The fraction of sp³-hybridized carbons (Fsp3) is 0.400. The fourth-order valence-corrected chi connectivity index (χ4v) is 4.00. The summed E-state index contributed by atoms with van der Waals surface area (Å²) in [5, 5.41) is 7.25. The number of ether oxygens (including phenoxy) is 1. The molecule has 1 aliphatic heterocycles. The number of carbonyl (C=O) groups is 1. The number of benzene rings is 2. The van der Waals surface area contributed by atoms with Gasteiger partial charge in [0.2, 0.25) is 17.6 Å². The molecule has 0 spiro atoms. The largest absolute Gasteiger partial charge is 0.494 e. The average molecular weight is 435 g/mol. The minimum atomic E-state index is -0.0361. The molecule has 0 saturated carbocycles. The van der Waals surface area contributed by atoms with E-state index in [1.807, 2.05) is 68.4 Å². The molecular weight excluding hydrogens is 404 g/mol. The highest BCUT2D eigenvalue weighted by Gasteiger charge is 2.27. The molecule has 1 saturated heterocycles. The topological polar surface area (TPSA) is 80.5 Å². The maximum atomic E-state index is 12.8. The van der Waals surface area contributed by atoms with E-state index in [0.29, 0.717) is 24.9 Å². The summed E-state index contributed by atoms with van der Waals surface area (Å²) in [6, 6.07) is 17.7. The van der Waals surface area contributed by atoms with E-state index in [1.54, 1.807) is 0 Å². The Kier molecular flexibility index (Phi) is 7.17. The quantitative estimate of drug-likeness (QED) is 0.572. The highest BCUT2D eigenvalue weighted by atomic mass is 16.5. The van der Waals surface area contributed by atoms with Gasteiger partial charge in [0, 0.05) is 11.5 Å². The maximum Gasteiger partial charge on any atom is 0.241 e. The average Bonchev–Trinajstić information content (AvgIpc) is 3.29. The molecule has 2 aromatic carbocycles. The Morgan fingerprint density at radius 3 is 2.56 bits per heavy atom. The van der Waals surface area contributed by atoms with Crippen molar-refractivity contribution in [1.29, 1.82) is 0 Å². The molecule has 1 aliphatic rings. The van der Waals surface area contributed by atoms with Crippen LogP contribution in [0.15, 0.2) is 59.1 Å². The van der Waals surface area contributed by atoms with E-state index >= 15 is 0 Å². The van der Waals surface area contributed by atoms with Crippen LogP contribution in [-0.2, 0) is 11.3 Å². The number of amides is 1. The Balaban J connectivity index is 1.24. The summed E-state index contributed by atoms with van der Waals surface area (Å²) < 4.78 is 10.9. The molecule has 3 aromatic rings. The zero-order valence-electron chi connectivity index (χ0n) is 18.7. The molecule has 1 N–H and O–H groups in total. The van der Waals surface area contributed by atoms with Crippen LogP contribution in [0.3, 0.4) is 0 Å². The molecule has 168 valence electrons. The van der Waals surface area contributed by atoms with Gasteiger partial charge in [-0.2, -0.15) is 4.98 Å². The summed E-state index contributed by atoms with van der Waals surface area (Å²) in [4.78, 5) is 19.6. The van der Waals surface area contributed by atoms with Gasteiger partial charge in [-0.3, -0.25) is 9.69 Å². The first kappa shape index (κ1) is 22.0. The number of likely N-dealkylation sites (tertiary alicyclic amines) is 1. The molecule has 1 unspecified atom stereocenters. The van der Waals surface area contributed by atoms with Crippen LogP contribution < -0.4 is 10.1 Å². The van der Waals surface area contributed by atoms with Gasteiger partial charge in [-0.05, 0) is 57.5 Å². The number of piperidine rings is 1. The molecule has 7 heteroatoms. The Morgan fingerprint density at radius 1 is 1.16 bits per heavy atom. The second-order valence-electron chi connectivity index (χ2n) is 8.16. The van der Waals surface area contributed by atoms with Crippen LogP contribution in [0.2, 0.25) is 0 Å². The van der Waals surface area contributed by atoms with Crippen molar-refractivity contribution < 1.29 is 14.1 Å². The van der Waals surface area contributed by atoms with Crippen molar-refractivity contribution in [3.05, 3.63) is 66.1 Å². The van der Waals surface area contributed by atoms with Crippen LogP contribution in [0.25, 0.3) is 11.4 Å². The first-order valence-corrected chi connectivity index (χ1v) is 11.3. The predicted octanol–water partition coefficient (Wildman–Crippen LogP) is 4.22. The highest BCUT2D eigenvalue weighted by molar-refractivity contribution is 5.79. The molecule has 1 aromatic heterocycles. The zero-order valence-corrected chi connectivity index (χ0v) is 18.7. The Bertz CT molecular complexity index is 996. The third kappa shape index (κ3) is 5.53. The molecule has 1 atom stereocenters. The van der Waals surface area contributed by atoms with Crippen LogP contribution in [-0.4, -0.2) is 40.6 Å². The number of nitrogens with zero attached hydrogens (tertiary/aromatic N) is 3. The molecule has 4 rings (SSSR count). The van der Waals surface area contributed by atoms with Gasteiger partial charge >= 0.3 is 0 Å². The highest BCUT2D eigenvalue weighted by Crippen LogP contribution is 2.23. The lowest BCUT2D eigenvalue weighted by atomic mass is 9.95. The van der Waals surface area contributed by atoms with Crippen LogP contribution in [0, 0.1) is 5.92 Å². The van der Waals surface area contributed by atoms with Crippen LogP contribution in [0.5, 0.6) is 5.75 Å². The summed E-state index contributed by atoms with van der Waals surface area (Å²) >= 11 is 0. The van der Waals surface area contributed by atoms with E-state index in [2.05, 4.69) is 20.4 Å². The number of rotatable bonds is 8. The van der Waals surface area contributed by atoms with Gasteiger partial charge in [-0.15, -0.1) is 0 Å². The first-order valence-electron chi connectivity index (χ1n) is 11.3. The van der Waals surface area contributed by atoms with E-state index in [4.69, 9.17) is 9.26 Å². The van der Waals surface area contributed by atoms with Crippen molar-refractivity contribution >= 4 is 5.91 Å². The molecule has 0 bridgehead atoms. The maximum absolute atomic E-state index is 12.8. The predicted molar refractivity (Wildman–Crippen MR) is 122 cm³/mol. The Morgan fingerprint density at radius 2 is 1.88 bits per heavy atom. The lowest BCUT2D eigenvalue weighted by molar-refractivity contribution is -0.127. The molecule has 32 heavy (non-hydrogen) atoms. The van der Waals surface area contributed by atoms with Gasteiger partial charge in [0.15, 0.2) is 0 Å². The van der Waals surface area contributed by atoms with Gasteiger partial charge in [0.25, 0.3) is 0 Å². The SMILES string of the molecule is CCOc1ccc(C(C)NC(=O)C2CCN(Cc3nc(-c4ccccc4)no3)CC2)cc1. The second kappa shape index (κ2) is 10.4. The monoisotopic (exact) mass is 434 g/mol. The normalized spacial score (nSPS) is 15.9. The van der Waals surface area contributed by atoms with Crippen molar-refractivity contribution in [2.45, 2.75) is 39.3 Å². The number of hydrogen-bond acceptors (Lipinski definition) is 6. The number of aromatic nitrogens is 2. The van der Waals surface area contributed by atoms with Crippen LogP contribution in [0.1, 0.15) is 44.2 Å². The Hall–Kier alpha value is -3.19. The molecule has 1 fully saturated rings.